The van der Waals surface area contributed by atoms with Crippen LogP contribution in [-0.2, 0) is 11.2 Å². The Labute approximate surface area is 118 Å². The van der Waals surface area contributed by atoms with Crippen LogP contribution < -0.4 is 11.3 Å². The number of hydrazine groups is 1. The van der Waals surface area contributed by atoms with Gasteiger partial charge in [-0.05, 0) is 37.3 Å². The van der Waals surface area contributed by atoms with Gasteiger partial charge in [0.15, 0.2) is 0 Å². The van der Waals surface area contributed by atoms with Crippen LogP contribution in [0.4, 0.5) is 0 Å². The van der Waals surface area contributed by atoms with Crippen LogP contribution in [0.2, 0.25) is 0 Å². The zero-order valence-electron chi connectivity index (χ0n) is 11.7. The van der Waals surface area contributed by atoms with Crippen LogP contribution in [0, 0.1) is 0 Å². The summed E-state index contributed by atoms with van der Waals surface area (Å²) in [5.41, 5.74) is 4.13. The lowest BCUT2D eigenvalue weighted by Gasteiger charge is -2.35. The molecule has 0 fully saturated rings. The Morgan fingerprint density at radius 3 is 3.21 bits per heavy atom. The maximum absolute atomic E-state index is 5.64. The lowest BCUT2D eigenvalue weighted by Crippen LogP contribution is -2.48. The van der Waals surface area contributed by atoms with E-state index in [1.165, 1.54) is 10.4 Å². The number of aliphatic imine (C=N–C) groups is 1. The minimum Gasteiger partial charge on any atom is -0.382 e. The number of thiophene rings is 1. The smallest absolute Gasteiger partial charge is 0.209 e. The third-order valence-electron chi connectivity index (χ3n) is 3.43. The molecule has 19 heavy (non-hydrogen) atoms. The second-order valence-corrected chi connectivity index (χ2v) is 5.82. The number of ether oxygens (including phenoxy) is 1. The number of hydrogen-bond donors (Lipinski definition) is 2. The Morgan fingerprint density at radius 2 is 2.53 bits per heavy atom. The summed E-state index contributed by atoms with van der Waals surface area (Å²) >= 11 is 1.83. The highest BCUT2D eigenvalue weighted by molar-refractivity contribution is 7.10. The van der Waals surface area contributed by atoms with Crippen LogP contribution in [-0.4, -0.2) is 37.2 Å². The molecule has 1 aromatic heterocycles. The Hall–Kier alpha value is -1.11. The molecule has 0 saturated heterocycles. The van der Waals surface area contributed by atoms with Crippen LogP contribution >= 0.6 is 11.3 Å². The van der Waals surface area contributed by atoms with E-state index in [0.717, 1.165) is 18.9 Å². The summed E-state index contributed by atoms with van der Waals surface area (Å²) < 4.78 is 5.11. The van der Waals surface area contributed by atoms with Gasteiger partial charge in [-0.2, -0.15) is 0 Å². The van der Waals surface area contributed by atoms with Gasteiger partial charge in [0.25, 0.3) is 0 Å². The third kappa shape index (κ3) is 3.08. The van der Waals surface area contributed by atoms with Gasteiger partial charge in [-0.3, -0.25) is 5.43 Å². The molecule has 2 unspecified atom stereocenters. The van der Waals surface area contributed by atoms with Crippen LogP contribution in [0.25, 0.3) is 0 Å². The van der Waals surface area contributed by atoms with Gasteiger partial charge in [0, 0.05) is 18.5 Å². The summed E-state index contributed by atoms with van der Waals surface area (Å²) in [5, 5.41) is 2.16. The molecule has 0 spiro atoms. The lowest BCUT2D eigenvalue weighted by atomic mass is 10.0. The highest BCUT2D eigenvalue weighted by Gasteiger charge is 2.27. The minimum absolute atomic E-state index is 0.0899. The van der Waals surface area contributed by atoms with Crippen molar-refractivity contribution in [2.45, 2.75) is 32.4 Å². The fourth-order valence-corrected chi connectivity index (χ4v) is 3.44. The molecule has 3 N–H and O–H groups in total. The van der Waals surface area contributed by atoms with E-state index in [1.54, 1.807) is 7.11 Å². The monoisotopic (exact) mass is 282 g/mol. The van der Waals surface area contributed by atoms with E-state index in [9.17, 15) is 0 Å². The third-order valence-corrected chi connectivity index (χ3v) is 4.43. The average molecular weight is 282 g/mol. The van der Waals surface area contributed by atoms with Gasteiger partial charge in [0.05, 0.1) is 18.7 Å². The van der Waals surface area contributed by atoms with Crippen molar-refractivity contribution in [1.82, 2.24) is 10.3 Å². The first-order chi connectivity index (χ1) is 9.17. The Kier molecular flexibility index (Phi) is 4.79. The first kappa shape index (κ1) is 14.3. The largest absolute Gasteiger partial charge is 0.382 e. The van der Waals surface area contributed by atoms with Crippen molar-refractivity contribution in [3.8, 4) is 0 Å². The maximum Gasteiger partial charge on any atom is 0.209 e. The van der Waals surface area contributed by atoms with Crippen molar-refractivity contribution >= 4 is 17.3 Å². The predicted octanol–water partition coefficient (Wildman–Crippen LogP) is 1.52. The highest BCUT2D eigenvalue weighted by Crippen LogP contribution is 2.32. The number of hydrogen-bond acceptors (Lipinski definition) is 4. The number of nitrogens with two attached hydrogens (primary N) is 1. The molecule has 2 rings (SSSR count). The van der Waals surface area contributed by atoms with Crippen molar-refractivity contribution in [3.05, 3.63) is 21.9 Å². The number of nitrogens with one attached hydrogen (secondary N) is 1. The van der Waals surface area contributed by atoms with E-state index >= 15 is 0 Å². The maximum atomic E-state index is 5.64. The SMILES string of the molecule is COCC(C)N=C(NN)N1CCc2sccc2C1C. The van der Waals surface area contributed by atoms with Gasteiger partial charge in [-0.25, -0.2) is 10.8 Å². The topological polar surface area (TPSA) is 62.9 Å². The van der Waals surface area contributed by atoms with Gasteiger partial charge in [-0.1, -0.05) is 0 Å². The summed E-state index contributed by atoms with van der Waals surface area (Å²) in [7, 11) is 1.68. The number of methoxy groups -OCH3 is 1. The van der Waals surface area contributed by atoms with E-state index in [0.29, 0.717) is 12.6 Å². The fraction of sp³-hybridized carbons (Fsp3) is 0.615. The molecular formula is C13H22N4OS. The average Bonchev–Trinajstić information content (AvgIpc) is 2.86. The Balaban J connectivity index is 2.16. The quantitative estimate of drug-likeness (QED) is 0.382. The molecule has 0 radical (unpaired) electrons. The molecule has 0 bridgehead atoms. The van der Waals surface area contributed by atoms with Crippen LogP contribution in [0.15, 0.2) is 16.4 Å². The second-order valence-electron chi connectivity index (χ2n) is 4.82. The van der Waals surface area contributed by atoms with E-state index in [-0.39, 0.29) is 6.04 Å². The van der Waals surface area contributed by atoms with Crippen LogP contribution in [0.3, 0.4) is 0 Å². The molecule has 0 aromatic carbocycles. The molecule has 5 nitrogen and oxygen atoms in total. The van der Waals surface area contributed by atoms with E-state index in [1.807, 2.05) is 18.3 Å². The van der Waals surface area contributed by atoms with Gasteiger partial charge >= 0.3 is 0 Å². The van der Waals surface area contributed by atoms with Gasteiger partial charge in [0.2, 0.25) is 5.96 Å². The van der Waals surface area contributed by atoms with Gasteiger partial charge in [-0.15, -0.1) is 11.3 Å². The zero-order chi connectivity index (χ0) is 13.8. The molecular weight excluding hydrogens is 260 g/mol. The first-order valence-corrected chi connectivity index (χ1v) is 7.41. The Morgan fingerprint density at radius 1 is 1.74 bits per heavy atom. The second kappa shape index (κ2) is 6.36. The van der Waals surface area contributed by atoms with Crippen molar-refractivity contribution in [1.29, 1.82) is 0 Å². The summed E-state index contributed by atoms with van der Waals surface area (Å²) in [6, 6.07) is 2.59. The zero-order valence-corrected chi connectivity index (χ0v) is 12.5. The fourth-order valence-electron chi connectivity index (χ4n) is 2.48. The number of guanidine groups is 1. The number of nitrogens with zero attached hydrogens (tertiary/aromatic N) is 2. The number of rotatable bonds is 3. The van der Waals surface area contributed by atoms with Crippen LogP contribution in [0.1, 0.15) is 30.3 Å². The molecule has 1 aliphatic heterocycles. The summed E-state index contributed by atoms with van der Waals surface area (Å²) in [4.78, 5) is 8.30. The highest BCUT2D eigenvalue weighted by atomic mass is 32.1. The molecule has 0 amide bonds. The molecule has 106 valence electrons. The Bertz CT molecular complexity index is 446. The first-order valence-electron chi connectivity index (χ1n) is 6.53. The van der Waals surface area contributed by atoms with Crippen molar-refractivity contribution in [3.63, 3.8) is 0 Å². The molecule has 1 aliphatic rings. The van der Waals surface area contributed by atoms with E-state index < -0.39 is 0 Å². The minimum atomic E-state index is 0.0899. The lowest BCUT2D eigenvalue weighted by molar-refractivity contribution is 0.184. The molecule has 2 atom stereocenters. The van der Waals surface area contributed by atoms with Crippen molar-refractivity contribution < 1.29 is 4.74 Å². The summed E-state index contributed by atoms with van der Waals surface area (Å²) in [6.07, 6.45) is 1.05. The summed E-state index contributed by atoms with van der Waals surface area (Å²) in [6.45, 7) is 5.75. The van der Waals surface area contributed by atoms with Crippen molar-refractivity contribution in [2.24, 2.45) is 10.8 Å². The van der Waals surface area contributed by atoms with Gasteiger partial charge in [0.1, 0.15) is 0 Å². The molecule has 1 aromatic rings. The van der Waals surface area contributed by atoms with Crippen molar-refractivity contribution in [2.75, 3.05) is 20.3 Å². The normalized spacial score (nSPS) is 21.2. The molecule has 2 heterocycles. The van der Waals surface area contributed by atoms with Crippen LogP contribution in [0.5, 0.6) is 0 Å². The molecule has 0 aliphatic carbocycles. The molecule has 0 saturated carbocycles. The predicted molar refractivity (Wildman–Crippen MR) is 79.2 cm³/mol. The van der Waals surface area contributed by atoms with E-state index in [4.69, 9.17) is 10.6 Å². The standard InChI is InChI=1S/C13H22N4OS/c1-9(8-18-3)15-13(16-14)17-6-4-12-11(10(17)2)5-7-19-12/h5,7,9-10H,4,6,8,14H2,1-3H3,(H,15,16). The van der Waals surface area contributed by atoms with E-state index in [2.05, 4.69) is 33.7 Å². The van der Waals surface area contributed by atoms with Gasteiger partial charge < -0.3 is 9.64 Å². The summed E-state index contributed by atoms with van der Waals surface area (Å²) in [5.74, 6) is 6.39. The molecule has 6 heteroatoms. The number of fused-ring (bicyclic) bond motifs is 1.